The first kappa shape index (κ1) is 25.2. The number of benzene rings is 2. The van der Waals surface area contributed by atoms with E-state index in [1.54, 1.807) is 0 Å². The number of aromatic nitrogens is 2. The average molecular weight is 502 g/mol. The molecule has 0 radical (unpaired) electrons. The molecule has 3 rings (SSSR count). The zero-order valence-corrected chi connectivity index (χ0v) is 20.3. The maximum atomic E-state index is 15.0. The molecule has 1 N–H and O–H groups in total. The number of anilines is 2. The van der Waals surface area contributed by atoms with Crippen LogP contribution in [-0.2, 0) is 11.2 Å². The number of nitrogens with one attached hydrogen (secondary N) is 1. The number of para-hydroxylation sites is 1. The number of hydrogen-bond acceptors (Lipinski definition) is 6. The highest BCUT2D eigenvalue weighted by Crippen LogP contribution is 2.42. The lowest BCUT2D eigenvalue weighted by atomic mass is 10.0. The van der Waals surface area contributed by atoms with Gasteiger partial charge in [-0.2, -0.15) is 0 Å². The molecule has 34 heavy (non-hydrogen) atoms. The van der Waals surface area contributed by atoms with Crippen LogP contribution in [0, 0.1) is 6.92 Å². The summed E-state index contributed by atoms with van der Waals surface area (Å²) in [5.74, 6) is 0.158. The summed E-state index contributed by atoms with van der Waals surface area (Å²) in [5.41, 5.74) is 2.61. The van der Waals surface area contributed by atoms with Crippen LogP contribution < -0.4 is 14.8 Å². The monoisotopic (exact) mass is 501 g/mol. The quantitative estimate of drug-likeness (QED) is 0.332. The molecule has 9 heteroatoms. The van der Waals surface area contributed by atoms with Gasteiger partial charge in [-0.1, -0.05) is 48.0 Å². The molecule has 0 fully saturated rings. The maximum absolute atomic E-state index is 15.0. The predicted molar refractivity (Wildman–Crippen MR) is 134 cm³/mol. The van der Waals surface area contributed by atoms with E-state index >= 15 is 4.39 Å². The molecule has 0 aliphatic carbocycles. The third-order valence-corrected chi connectivity index (χ3v) is 5.76. The Morgan fingerprint density at radius 2 is 1.82 bits per heavy atom. The summed E-state index contributed by atoms with van der Waals surface area (Å²) >= 11 is 12.6. The molecule has 0 saturated heterocycles. The van der Waals surface area contributed by atoms with Crippen molar-refractivity contribution in [3.05, 3.63) is 81.7 Å². The van der Waals surface area contributed by atoms with Crippen molar-refractivity contribution in [2.24, 2.45) is 0 Å². The third-order valence-electron chi connectivity index (χ3n) is 4.98. The molecular formula is C25H22Cl2FN3O3. The molecule has 0 aliphatic rings. The van der Waals surface area contributed by atoms with Crippen molar-refractivity contribution in [1.82, 2.24) is 9.97 Å². The first-order valence-electron chi connectivity index (χ1n) is 10.1. The number of allylic oxidation sites excluding steroid dienone is 1. The van der Waals surface area contributed by atoms with E-state index in [1.807, 2.05) is 25.1 Å². The zero-order valence-electron chi connectivity index (χ0n) is 18.8. The summed E-state index contributed by atoms with van der Waals surface area (Å²) < 4.78 is 25.4. The molecule has 0 amide bonds. The number of methoxy groups -OCH3 is 2. The van der Waals surface area contributed by atoms with Crippen LogP contribution in [0.3, 0.4) is 0 Å². The second-order valence-corrected chi connectivity index (χ2v) is 7.94. The Morgan fingerprint density at radius 1 is 1.15 bits per heavy atom. The van der Waals surface area contributed by atoms with Crippen molar-refractivity contribution in [1.29, 1.82) is 0 Å². The van der Waals surface area contributed by atoms with Gasteiger partial charge in [-0.3, -0.25) is 4.79 Å². The second-order valence-electron chi connectivity index (χ2n) is 7.18. The lowest BCUT2D eigenvalue weighted by molar-refractivity contribution is -0.114. The molecule has 176 valence electrons. The Bertz CT molecular complexity index is 1230. The molecule has 0 unspecified atom stereocenters. The molecule has 0 atom stereocenters. The van der Waals surface area contributed by atoms with Gasteiger partial charge in [0.1, 0.15) is 23.0 Å². The molecule has 0 saturated carbocycles. The summed E-state index contributed by atoms with van der Waals surface area (Å²) in [4.78, 5) is 20.2. The van der Waals surface area contributed by atoms with Gasteiger partial charge in [0.2, 0.25) is 0 Å². The minimum absolute atomic E-state index is 0.0219. The SMILES string of the molecule is C=CC(=O)Cc1cccc(C)c1Nc1cnc(/C(F)=C/c2c(Cl)c(OC)cc(OC)c2Cl)cn1. The third kappa shape index (κ3) is 5.55. The van der Waals surface area contributed by atoms with Gasteiger partial charge < -0.3 is 14.8 Å². The Balaban J connectivity index is 1.90. The smallest absolute Gasteiger partial charge is 0.159 e. The largest absolute Gasteiger partial charge is 0.495 e. The topological polar surface area (TPSA) is 73.3 Å². The van der Waals surface area contributed by atoms with Crippen molar-refractivity contribution >= 4 is 52.4 Å². The summed E-state index contributed by atoms with van der Waals surface area (Å²) in [6, 6.07) is 7.13. The van der Waals surface area contributed by atoms with E-state index in [1.165, 1.54) is 38.8 Å². The molecule has 0 spiro atoms. The van der Waals surface area contributed by atoms with E-state index in [2.05, 4.69) is 21.9 Å². The van der Waals surface area contributed by atoms with Crippen molar-refractivity contribution < 1.29 is 18.7 Å². The number of ketones is 1. The highest BCUT2D eigenvalue weighted by Gasteiger charge is 2.17. The van der Waals surface area contributed by atoms with E-state index in [-0.39, 0.29) is 45.0 Å². The van der Waals surface area contributed by atoms with E-state index in [0.717, 1.165) is 22.9 Å². The molecule has 3 aromatic rings. The minimum atomic E-state index is -0.702. The van der Waals surface area contributed by atoms with Crippen LogP contribution in [-0.4, -0.2) is 30.0 Å². The van der Waals surface area contributed by atoms with Crippen molar-refractivity contribution in [2.75, 3.05) is 19.5 Å². The van der Waals surface area contributed by atoms with Crippen molar-refractivity contribution in [2.45, 2.75) is 13.3 Å². The van der Waals surface area contributed by atoms with E-state index in [9.17, 15) is 4.79 Å². The zero-order chi connectivity index (χ0) is 24.8. The molecular weight excluding hydrogens is 480 g/mol. The molecule has 1 aromatic heterocycles. The Kier molecular flexibility index (Phi) is 8.26. The fourth-order valence-electron chi connectivity index (χ4n) is 3.19. The van der Waals surface area contributed by atoms with Gasteiger partial charge in [0.25, 0.3) is 0 Å². The Labute approximate surface area is 207 Å². The average Bonchev–Trinajstić information content (AvgIpc) is 2.84. The second kappa shape index (κ2) is 11.1. The number of halogens is 3. The number of rotatable bonds is 9. The lowest BCUT2D eigenvalue weighted by Gasteiger charge is -2.14. The van der Waals surface area contributed by atoms with E-state index in [4.69, 9.17) is 32.7 Å². The molecule has 2 aromatic carbocycles. The fourth-order valence-corrected chi connectivity index (χ4v) is 3.80. The van der Waals surface area contributed by atoms with Crippen LogP contribution in [0.15, 0.2) is 49.3 Å². The lowest BCUT2D eigenvalue weighted by Crippen LogP contribution is -2.05. The number of ether oxygens (including phenoxy) is 2. The van der Waals surface area contributed by atoms with Crippen LogP contribution >= 0.6 is 23.2 Å². The van der Waals surface area contributed by atoms with Gasteiger partial charge in [-0.15, -0.1) is 0 Å². The van der Waals surface area contributed by atoms with Crippen LogP contribution in [0.1, 0.15) is 22.4 Å². The molecule has 0 bridgehead atoms. The number of carbonyl (C=O) groups is 1. The number of carbonyl (C=O) groups excluding carboxylic acids is 1. The Morgan fingerprint density at radius 3 is 2.38 bits per heavy atom. The number of nitrogens with zero attached hydrogens (tertiary/aromatic N) is 2. The van der Waals surface area contributed by atoms with Crippen molar-refractivity contribution in [3.8, 4) is 11.5 Å². The van der Waals surface area contributed by atoms with E-state index in [0.29, 0.717) is 5.82 Å². The van der Waals surface area contributed by atoms with Crippen molar-refractivity contribution in [3.63, 3.8) is 0 Å². The minimum Gasteiger partial charge on any atom is -0.495 e. The van der Waals surface area contributed by atoms with Crippen LogP contribution in [0.5, 0.6) is 11.5 Å². The summed E-state index contributed by atoms with van der Waals surface area (Å²) in [5, 5.41) is 3.43. The standard InChI is InChI=1S/C25H22Cl2FN3O3/c1-5-16(32)9-15-8-6-7-14(2)25(15)31-22-13-29-19(12-30-22)18(28)10-17-23(26)20(33-3)11-21(34-4)24(17)27/h5-8,10-13H,1,9H2,2-4H3,(H,30,31)/b18-10-. The maximum Gasteiger partial charge on any atom is 0.159 e. The normalized spacial score (nSPS) is 11.2. The summed E-state index contributed by atoms with van der Waals surface area (Å²) in [6.07, 6.45) is 5.30. The Hall–Kier alpha value is -3.42. The summed E-state index contributed by atoms with van der Waals surface area (Å²) in [6.45, 7) is 5.42. The van der Waals surface area contributed by atoms with Gasteiger partial charge >= 0.3 is 0 Å². The van der Waals surface area contributed by atoms with Gasteiger partial charge in [-0.25, -0.2) is 14.4 Å². The molecule has 6 nitrogen and oxygen atoms in total. The predicted octanol–water partition coefficient (Wildman–Crippen LogP) is 6.62. The van der Waals surface area contributed by atoms with Gasteiger partial charge in [-0.05, 0) is 30.2 Å². The van der Waals surface area contributed by atoms with Crippen LogP contribution in [0.2, 0.25) is 10.0 Å². The first-order chi connectivity index (χ1) is 16.3. The highest BCUT2D eigenvalue weighted by atomic mass is 35.5. The van der Waals surface area contributed by atoms with Gasteiger partial charge in [0.15, 0.2) is 11.6 Å². The highest BCUT2D eigenvalue weighted by molar-refractivity contribution is 6.39. The molecule has 0 aliphatic heterocycles. The number of hydrogen-bond donors (Lipinski definition) is 1. The number of aryl methyl sites for hydroxylation is 1. The van der Waals surface area contributed by atoms with E-state index < -0.39 is 5.83 Å². The summed E-state index contributed by atoms with van der Waals surface area (Å²) in [7, 11) is 2.87. The molecule has 1 heterocycles. The van der Waals surface area contributed by atoms with Crippen LogP contribution in [0.25, 0.3) is 11.9 Å². The first-order valence-corrected chi connectivity index (χ1v) is 10.8. The van der Waals surface area contributed by atoms with Gasteiger partial charge in [0, 0.05) is 23.7 Å². The van der Waals surface area contributed by atoms with Crippen LogP contribution in [0.4, 0.5) is 15.9 Å². The fraction of sp³-hybridized carbons (Fsp3) is 0.160. The van der Waals surface area contributed by atoms with Gasteiger partial charge in [0.05, 0.1) is 36.7 Å².